The minimum absolute atomic E-state index is 0.435. The topological polar surface area (TPSA) is 50.4 Å². The summed E-state index contributed by atoms with van der Waals surface area (Å²) in [5, 5.41) is 0. The molecule has 0 spiro atoms. The van der Waals surface area contributed by atoms with Crippen LogP contribution in [0.2, 0.25) is 0 Å². The summed E-state index contributed by atoms with van der Waals surface area (Å²) in [5.74, 6) is 0. The van der Waals surface area contributed by atoms with Gasteiger partial charge in [-0.15, -0.1) is 0 Å². The second-order valence-corrected chi connectivity index (χ2v) is 4.51. The van der Waals surface area contributed by atoms with E-state index in [1.807, 2.05) is 31.2 Å². The molecule has 0 unspecified atom stereocenters. The van der Waals surface area contributed by atoms with Crippen molar-refractivity contribution >= 4 is 22.0 Å². The predicted molar refractivity (Wildman–Crippen MR) is 70.4 cm³/mol. The van der Waals surface area contributed by atoms with E-state index in [0.29, 0.717) is 13.2 Å². The van der Waals surface area contributed by atoms with Gasteiger partial charge in [0.2, 0.25) is 0 Å². The highest BCUT2D eigenvalue weighted by molar-refractivity contribution is 9.10. The van der Waals surface area contributed by atoms with Gasteiger partial charge < -0.3 is 4.74 Å². The summed E-state index contributed by atoms with van der Waals surface area (Å²) in [4.78, 5) is 11.2. The minimum atomic E-state index is -0.435. The summed E-state index contributed by atoms with van der Waals surface area (Å²) < 4.78 is 5.95. The third-order valence-electron chi connectivity index (χ3n) is 2.13. The van der Waals surface area contributed by atoms with E-state index in [1.165, 1.54) is 0 Å². The highest BCUT2D eigenvalue weighted by Gasteiger charge is 1.99. The smallest absolute Gasteiger partial charge is 0.421 e. The maximum Gasteiger partial charge on any atom is 0.421 e. The lowest BCUT2D eigenvalue weighted by Crippen LogP contribution is -2.37. The molecule has 0 aliphatic heterocycles. The number of rotatable bonds is 6. The fraction of sp³-hybridized carbons (Fsp3) is 0.417. The first-order valence-electron chi connectivity index (χ1n) is 5.62. The van der Waals surface area contributed by atoms with E-state index in [4.69, 9.17) is 4.74 Å². The van der Waals surface area contributed by atoms with Crippen molar-refractivity contribution in [1.29, 1.82) is 0 Å². The Balaban J connectivity index is 2.14. The Hall–Kier alpha value is -1.07. The molecule has 0 aliphatic carbocycles. The van der Waals surface area contributed by atoms with Gasteiger partial charge in [0.15, 0.2) is 0 Å². The van der Waals surface area contributed by atoms with Gasteiger partial charge in [-0.25, -0.2) is 10.2 Å². The molecular weight excluding hydrogens is 284 g/mol. The number of unbranched alkanes of at least 4 members (excludes halogenated alkanes) is 1. The summed E-state index contributed by atoms with van der Waals surface area (Å²) >= 11 is 3.36. The number of hydrogen-bond acceptors (Lipinski definition) is 3. The number of nitrogens with one attached hydrogen (secondary N) is 2. The van der Waals surface area contributed by atoms with Crippen LogP contribution in [0.5, 0.6) is 0 Å². The van der Waals surface area contributed by atoms with Crippen molar-refractivity contribution in [1.82, 2.24) is 10.9 Å². The summed E-state index contributed by atoms with van der Waals surface area (Å²) in [6.07, 6.45) is 1.47. The second kappa shape index (κ2) is 8.08. The van der Waals surface area contributed by atoms with Crippen LogP contribution < -0.4 is 10.9 Å². The second-order valence-electron chi connectivity index (χ2n) is 3.59. The lowest BCUT2D eigenvalue weighted by atomic mass is 10.2. The number of hydrazine groups is 1. The van der Waals surface area contributed by atoms with Crippen molar-refractivity contribution in [3.63, 3.8) is 0 Å². The average Bonchev–Trinajstić information content (AvgIpc) is 2.32. The first-order chi connectivity index (χ1) is 8.22. The summed E-state index contributed by atoms with van der Waals surface area (Å²) in [6.45, 7) is 3.07. The van der Waals surface area contributed by atoms with Gasteiger partial charge >= 0.3 is 6.09 Å². The molecule has 0 fully saturated rings. The van der Waals surface area contributed by atoms with Gasteiger partial charge in [-0.1, -0.05) is 41.4 Å². The molecule has 1 aromatic rings. The van der Waals surface area contributed by atoms with Crippen LogP contribution in [0.1, 0.15) is 25.3 Å². The van der Waals surface area contributed by atoms with E-state index in [1.54, 1.807) is 0 Å². The number of hydrogen-bond donors (Lipinski definition) is 2. The molecule has 0 bridgehead atoms. The standard InChI is InChI=1S/C12H17BrN2O2/c1-2-3-8-17-12(16)15-14-9-10-4-6-11(13)7-5-10/h4-7,14H,2-3,8-9H2,1H3,(H,15,16). The number of carbonyl (C=O) groups excluding carboxylic acids is 1. The molecule has 1 amide bonds. The quantitative estimate of drug-likeness (QED) is 0.627. The molecular formula is C12H17BrN2O2. The minimum Gasteiger partial charge on any atom is -0.449 e. The Labute approximate surface area is 110 Å². The van der Waals surface area contributed by atoms with Gasteiger partial charge in [-0.2, -0.15) is 0 Å². The zero-order chi connectivity index (χ0) is 12.5. The molecule has 0 radical (unpaired) electrons. The summed E-state index contributed by atoms with van der Waals surface area (Å²) in [6, 6.07) is 7.86. The maximum atomic E-state index is 11.2. The fourth-order valence-corrected chi connectivity index (χ4v) is 1.43. The van der Waals surface area contributed by atoms with Crippen molar-refractivity contribution in [2.45, 2.75) is 26.3 Å². The normalized spacial score (nSPS) is 10.0. The molecule has 0 saturated heterocycles. The summed E-state index contributed by atoms with van der Waals surface area (Å²) in [7, 11) is 0. The highest BCUT2D eigenvalue weighted by Crippen LogP contribution is 2.09. The van der Waals surface area contributed by atoms with Crippen molar-refractivity contribution < 1.29 is 9.53 Å². The molecule has 0 aromatic heterocycles. The van der Waals surface area contributed by atoms with Gasteiger partial charge in [0.1, 0.15) is 0 Å². The van der Waals surface area contributed by atoms with Crippen LogP contribution in [0.25, 0.3) is 0 Å². The zero-order valence-corrected chi connectivity index (χ0v) is 11.4. The molecule has 0 heterocycles. The van der Waals surface area contributed by atoms with Crippen LogP contribution in [0.3, 0.4) is 0 Å². The predicted octanol–water partition coefficient (Wildman–Crippen LogP) is 2.98. The van der Waals surface area contributed by atoms with Crippen LogP contribution in [0.15, 0.2) is 28.7 Å². The third-order valence-corrected chi connectivity index (χ3v) is 2.66. The van der Waals surface area contributed by atoms with Crippen LogP contribution in [-0.2, 0) is 11.3 Å². The molecule has 17 heavy (non-hydrogen) atoms. The number of amides is 1. The highest BCUT2D eigenvalue weighted by atomic mass is 79.9. The van der Waals surface area contributed by atoms with E-state index in [2.05, 4.69) is 26.8 Å². The number of ether oxygens (including phenoxy) is 1. The Morgan fingerprint density at radius 2 is 2.06 bits per heavy atom. The number of carbonyl (C=O) groups is 1. The molecule has 2 N–H and O–H groups in total. The van der Waals surface area contributed by atoms with Gasteiger partial charge in [0, 0.05) is 11.0 Å². The van der Waals surface area contributed by atoms with E-state index < -0.39 is 6.09 Å². The van der Waals surface area contributed by atoms with Crippen molar-refractivity contribution in [2.24, 2.45) is 0 Å². The molecule has 0 atom stereocenters. The molecule has 0 aliphatic rings. The third kappa shape index (κ3) is 6.28. The van der Waals surface area contributed by atoms with Crippen LogP contribution in [-0.4, -0.2) is 12.7 Å². The lowest BCUT2D eigenvalue weighted by molar-refractivity contribution is 0.139. The van der Waals surface area contributed by atoms with Gasteiger partial charge in [-0.05, 0) is 24.1 Å². The molecule has 4 nitrogen and oxygen atoms in total. The monoisotopic (exact) mass is 300 g/mol. The maximum absolute atomic E-state index is 11.2. The van der Waals surface area contributed by atoms with Crippen LogP contribution in [0.4, 0.5) is 4.79 Å². The fourth-order valence-electron chi connectivity index (χ4n) is 1.17. The van der Waals surface area contributed by atoms with Gasteiger partial charge in [0.25, 0.3) is 0 Å². The number of benzene rings is 1. The van der Waals surface area contributed by atoms with Gasteiger partial charge in [-0.3, -0.25) is 5.43 Å². The average molecular weight is 301 g/mol. The van der Waals surface area contributed by atoms with Gasteiger partial charge in [0.05, 0.1) is 6.61 Å². The largest absolute Gasteiger partial charge is 0.449 e. The van der Waals surface area contributed by atoms with E-state index >= 15 is 0 Å². The molecule has 1 rings (SSSR count). The zero-order valence-electron chi connectivity index (χ0n) is 9.83. The van der Waals surface area contributed by atoms with Crippen molar-refractivity contribution in [3.05, 3.63) is 34.3 Å². The van der Waals surface area contributed by atoms with E-state index in [9.17, 15) is 4.79 Å². The van der Waals surface area contributed by atoms with Crippen LogP contribution >= 0.6 is 15.9 Å². The number of halogens is 1. The SMILES string of the molecule is CCCCOC(=O)NNCc1ccc(Br)cc1. The summed E-state index contributed by atoms with van der Waals surface area (Å²) in [5.41, 5.74) is 6.37. The molecule has 94 valence electrons. The lowest BCUT2D eigenvalue weighted by Gasteiger charge is -2.08. The Kier molecular flexibility index (Phi) is 6.65. The van der Waals surface area contributed by atoms with E-state index in [0.717, 1.165) is 22.9 Å². The molecule has 0 saturated carbocycles. The Morgan fingerprint density at radius 1 is 1.35 bits per heavy atom. The Bertz CT molecular complexity index is 341. The molecule has 5 heteroatoms. The Morgan fingerprint density at radius 3 is 2.71 bits per heavy atom. The first-order valence-corrected chi connectivity index (χ1v) is 6.41. The van der Waals surface area contributed by atoms with E-state index in [-0.39, 0.29) is 0 Å². The van der Waals surface area contributed by atoms with Crippen molar-refractivity contribution in [2.75, 3.05) is 6.61 Å². The molecule has 1 aromatic carbocycles. The van der Waals surface area contributed by atoms with Crippen molar-refractivity contribution in [3.8, 4) is 0 Å². The van der Waals surface area contributed by atoms with Crippen LogP contribution in [0, 0.1) is 0 Å². The first kappa shape index (κ1) is 14.0.